The van der Waals surface area contributed by atoms with Crippen LogP contribution in [0, 0.1) is 12.8 Å². The maximum atomic E-state index is 12.9. The number of carbonyl (C=O) groups is 3. The third-order valence-corrected chi connectivity index (χ3v) is 5.94. The molecule has 1 aromatic carbocycles. The second-order valence-electron chi connectivity index (χ2n) is 8.15. The van der Waals surface area contributed by atoms with Crippen molar-refractivity contribution in [2.75, 3.05) is 20.7 Å². The number of amides is 4. The zero-order chi connectivity index (χ0) is 20.5. The van der Waals surface area contributed by atoms with E-state index in [0.717, 1.165) is 28.9 Å². The monoisotopic (exact) mass is 387 g/mol. The minimum absolute atomic E-state index is 0.243. The van der Waals surface area contributed by atoms with E-state index >= 15 is 0 Å². The van der Waals surface area contributed by atoms with Gasteiger partial charge >= 0.3 is 6.03 Å². The van der Waals surface area contributed by atoms with Crippen LogP contribution in [0.5, 0.6) is 5.75 Å². The molecule has 1 aliphatic carbocycles. The minimum atomic E-state index is -0.817. The highest BCUT2D eigenvalue weighted by Crippen LogP contribution is 2.36. The van der Waals surface area contributed by atoms with Crippen molar-refractivity contribution in [2.45, 2.75) is 51.6 Å². The molecule has 1 saturated carbocycles. The number of rotatable bonds is 5. The Bertz CT molecular complexity index is 784. The zero-order valence-electron chi connectivity index (χ0n) is 17.1. The third-order valence-electron chi connectivity index (χ3n) is 5.94. The molecule has 2 aliphatic rings. The number of nitrogens with zero attached hydrogens (tertiary/aromatic N) is 2. The largest absolute Gasteiger partial charge is 0.496 e. The summed E-state index contributed by atoms with van der Waals surface area (Å²) in [6.07, 6.45) is 3.08. The molecule has 0 bridgehead atoms. The SMILES string of the molecule is COc1ccc(C)cc1CN(C)C(=O)CN1C(=O)NC2(CCC(C)CC2)C1=O. The molecule has 0 unspecified atom stereocenters. The fourth-order valence-corrected chi connectivity index (χ4v) is 4.04. The summed E-state index contributed by atoms with van der Waals surface area (Å²) in [5, 5.41) is 2.86. The van der Waals surface area contributed by atoms with Crippen molar-refractivity contribution in [3.63, 3.8) is 0 Å². The molecule has 152 valence electrons. The van der Waals surface area contributed by atoms with Gasteiger partial charge in [-0.25, -0.2) is 4.79 Å². The maximum Gasteiger partial charge on any atom is 0.325 e. The molecule has 1 aromatic rings. The fourth-order valence-electron chi connectivity index (χ4n) is 4.04. The number of carbonyl (C=O) groups excluding carboxylic acids is 3. The van der Waals surface area contributed by atoms with Gasteiger partial charge in [-0.15, -0.1) is 0 Å². The molecule has 2 fully saturated rings. The van der Waals surface area contributed by atoms with Gasteiger partial charge in [-0.3, -0.25) is 14.5 Å². The molecular formula is C21H29N3O4. The molecule has 7 nitrogen and oxygen atoms in total. The third kappa shape index (κ3) is 3.84. The number of hydrogen-bond acceptors (Lipinski definition) is 4. The van der Waals surface area contributed by atoms with E-state index in [-0.39, 0.29) is 18.4 Å². The molecule has 1 saturated heterocycles. The summed E-state index contributed by atoms with van der Waals surface area (Å²) < 4.78 is 5.37. The van der Waals surface area contributed by atoms with Gasteiger partial charge in [-0.1, -0.05) is 24.6 Å². The lowest BCUT2D eigenvalue weighted by atomic mass is 9.77. The first-order chi connectivity index (χ1) is 13.3. The number of methoxy groups -OCH3 is 1. The quantitative estimate of drug-likeness (QED) is 0.787. The van der Waals surface area contributed by atoms with Crippen molar-refractivity contribution in [2.24, 2.45) is 5.92 Å². The van der Waals surface area contributed by atoms with Gasteiger partial charge in [-0.05, 0) is 44.6 Å². The minimum Gasteiger partial charge on any atom is -0.496 e. The van der Waals surface area contributed by atoms with Gasteiger partial charge in [0.15, 0.2) is 0 Å². The summed E-state index contributed by atoms with van der Waals surface area (Å²) in [6, 6.07) is 5.32. The number of hydrogen-bond donors (Lipinski definition) is 1. The van der Waals surface area contributed by atoms with E-state index < -0.39 is 11.6 Å². The standard InChI is InChI=1S/C21H29N3O4/c1-14-7-9-21(10-8-14)19(26)24(20(27)22-21)13-18(25)23(3)12-16-11-15(2)5-6-17(16)28-4/h5-6,11,14H,7-10,12-13H2,1-4H3,(H,22,27). The van der Waals surface area contributed by atoms with Gasteiger partial charge < -0.3 is 15.0 Å². The number of likely N-dealkylation sites (N-methyl/N-ethyl adjacent to an activating group) is 1. The van der Waals surface area contributed by atoms with Gasteiger partial charge in [0, 0.05) is 19.2 Å². The Morgan fingerprint density at radius 1 is 1.32 bits per heavy atom. The number of ether oxygens (including phenoxy) is 1. The Balaban J connectivity index is 1.66. The molecule has 7 heteroatoms. The van der Waals surface area contributed by atoms with Crippen LogP contribution in [0.4, 0.5) is 4.79 Å². The van der Waals surface area contributed by atoms with Crippen molar-refractivity contribution < 1.29 is 19.1 Å². The summed E-state index contributed by atoms with van der Waals surface area (Å²) in [5.74, 6) is 0.713. The first kappa shape index (κ1) is 20.2. The van der Waals surface area contributed by atoms with Crippen LogP contribution in [0.25, 0.3) is 0 Å². The van der Waals surface area contributed by atoms with Gasteiger partial charge in [0.1, 0.15) is 17.8 Å². The highest BCUT2D eigenvalue weighted by atomic mass is 16.5. The van der Waals surface area contributed by atoms with Crippen molar-refractivity contribution in [1.82, 2.24) is 15.1 Å². The predicted molar refractivity (Wildman–Crippen MR) is 105 cm³/mol. The second kappa shape index (κ2) is 7.81. The summed E-state index contributed by atoms with van der Waals surface area (Å²) in [4.78, 5) is 40.6. The Kier molecular flexibility index (Phi) is 5.63. The van der Waals surface area contributed by atoms with Crippen LogP contribution in [-0.4, -0.2) is 53.9 Å². The van der Waals surface area contributed by atoms with E-state index in [9.17, 15) is 14.4 Å². The van der Waals surface area contributed by atoms with Gasteiger partial charge in [-0.2, -0.15) is 0 Å². The molecule has 1 spiro atoms. The molecule has 3 rings (SSSR count). The van der Waals surface area contributed by atoms with Crippen LogP contribution in [0.2, 0.25) is 0 Å². The molecule has 28 heavy (non-hydrogen) atoms. The number of aryl methyl sites for hydroxylation is 1. The molecule has 1 N–H and O–H groups in total. The van der Waals surface area contributed by atoms with Crippen LogP contribution >= 0.6 is 0 Å². The average molecular weight is 387 g/mol. The van der Waals surface area contributed by atoms with Crippen LogP contribution in [-0.2, 0) is 16.1 Å². The van der Waals surface area contributed by atoms with Gasteiger partial charge in [0.25, 0.3) is 5.91 Å². The first-order valence-corrected chi connectivity index (χ1v) is 9.77. The normalized spacial score (nSPS) is 24.4. The lowest BCUT2D eigenvalue weighted by molar-refractivity contribution is -0.139. The highest BCUT2D eigenvalue weighted by molar-refractivity contribution is 6.09. The van der Waals surface area contributed by atoms with Crippen LogP contribution in [0.15, 0.2) is 18.2 Å². The highest BCUT2D eigenvalue weighted by Gasteiger charge is 2.52. The van der Waals surface area contributed by atoms with Crippen molar-refractivity contribution in [3.05, 3.63) is 29.3 Å². The molecule has 1 aliphatic heterocycles. The summed E-state index contributed by atoms with van der Waals surface area (Å²) in [5.41, 5.74) is 1.13. The fraction of sp³-hybridized carbons (Fsp3) is 0.571. The molecular weight excluding hydrogens is 358 g/mol. The van der Waals surface area contributed by atoms with Crippen LogP contribution < -0.4 is 10.1 Å². The van der Waals surface area contributed by atoms with Crippen molar-refractivity contribution in [1.29, 1.82) is 0 Å². The lowest BCUT2D eigenvalue weighted by Crippen LogP contribution is -2.50. The number of benzene rings is 1. The van der Waals surface area contributed by atoms with E-state index in [1.807, 2.05) is 25.1 Å². The molecule has 1 heterocycles. The molecule has 0 atom stereocenters. The Morgan fingerprint density at radius 2 is 2.00 bits per heavy atom. The Morgan fingerprint density at radius 3 is 2.64 bits per heavy atom. The summed E-state index contributed by atoms with van der Waals surface area (Å²) in [6.45, 7) is 4.23. The van der Waals surface area contributed by atoms with Crippen molar-refractivity contribution in [3.8, 4) is 5.75 Å². The molecule has 0 radical (unpaired) electrons. The van der Waals surface area contributed by atoms with Gasteiger partial charge in [0.2, 0.25) is 5.91 Å². The van der Waals surface area contributed by atoms with Crippen molar-refractivity contribution >= 4 is 17.8 Å². The van der Waals surface area contributed by atoms with E-state index in [0.29, 0.717) is 31.1 Å². The number of nitrogens with one attached hydrogen (secondary N) is 1. The predicted octanol–water partition coefficient (Wildman–Crippen LogP) is 2.46. The lowest BCUT2D eigenvalue weighted by Gasteiger charge is -2.33. The second-order valence-corrected chi connectivity index (χ2v) is 8.15. The topological polar surface area (TPSA) is 79.0 Å². The Hall–Kier alpha value is -2.57. The smallest absolute Gasteiger partial charge is 0.325 e. The number of imide groups is 1. The van der Waals surface area contributed by atoms with Crippen LogP contribution in [0.3, 0.4) is 0 Å². The van der Waals surface area contributed by atoms with E-state index in [4.69, 9.17) is 4.74 Å². The zero-order valence-corrected chi connectivity index (χ0v) is 17.1. The van der Waals surface area contributed by atoms with E-state index in [2.05, 4.69) is 12.2 Å². The van der Waals surface area contributed by atoms with E-state index in [1.165, 1.54) is 4.90 Å². The van der Waals surface area contributed by atoms with E-state index in [1.54, 1.807) is 14.2 Å². The maximum absolute atomic E-state index is 12.9. The molecule has 4 amide bonds. The Labute approximate surface area is 166 Å². The average Bonchev–Trinajstić information content (AvgIpc) is 2.88. The molecule has 0 aromatic heterocycles. The summed E-state index contributed by atoms with van der Waals surface area (Å²) in [7, 11) is 3.26. The van der Waals surface area contributed by atoms with Crippen LogP contribution in [0.1, 0.15) is 43.7 Å². The van der Waals surface area contributed by atoms with Gasteiger partial charge in [0.05, 0.1) is 7.11 Å². The summed E-state index contributed by atoms with van der Waals surface area (Å²) >= 11 is 0. The number of urea groups is 1. The first-order valence-electron chi connectivity index (χ1n) is 9.77.